The first kappa shape index (κ1) is 32.5. The lowest BCUT2D eigenvalue weighted by Gasteiger charge is -2.35. The predicted molar refractivity (Wildman–Crippen MR) is 160 cm³/mol. The van der Waals surface area contributed by atoms with Crippen molar-refractivity contribution in [2.24, 2.45) is 5.92 Å². The number of nitrogens with one attached hydrogen (secondary N) is 3. The third-order valence-corrected chi connectivity index (χ3v) is 8.29. The van der Waals surface area contributed by atoms with Crippen LogP contribution < -0.4 is 16.0 Å². The van der Waals surface area contributed by atoms with Crippen LogP contribution in [0.25, 0.3) is 0 Å². The van der Waals surface area contributed by atoms with Crippen LogP contribution in [-0.4, -0.2) is 103 Å². The number of benzene rings is 1. The third-order valence-electron chi connectivity index (χ3n) is 8.29. The van der Waals surface area contributed by atoms with Crippen molar-refractivity contribution in [2.45, 2.75) is 56.8 Å². The smallest absolute Gasteiger partial charge is 0.366 e. The molecule has 0 unspecified atom stereocenters. The maximum atomic E-state index is 13.9. The molecule has 1 aliphatic carbocycles. The van der Waals surface area contributed by atoms with Gasteiger partial charge in [0, 0.05) is 43.1 Å². The van der Waals surface area contributed by atoms with E-state index in [-0.39, 0.29) is 29.6 Å². The Morgan fingerprint density at radius 2 is 1.74 bits per heavy atom. The zero-order valence-electron chi connectivity index (χ0n) is 25.4. The Labute approximate surface area is 251 Å². The van der Waals surface area contributed by atoms with Gasteiger partial charge in [-0.3, -0.25) is 9.59 Å². The van der Waals surface area contributed by atoms with E-state index >= 15 is 0 Å². The van der Waals surface area contributed by atoms with E-state index in [0.29, 0.717) is 30.6 Å². The number of carbonyl (C=O) groups is 2. The molecule has 1 aromatic heterocycles. The highest BCUT2D eigenvalue weighted by molar-refractivity contribution is 5.94. The topological polar surface area (TPSA) is 106 Å². The van der Waals surface area contributed by atoms with Crippen LogP contribution in [0.1, 0.15) is 54.4 Å². The SMILES string of the molecule is CN(C)CCCNC(=O)[C@H]1CCC[C@H]1Nc1nc(Nc2ccc(C(=O)N(C)C3CCN(C)CC3)cc2)ncc1C(F)(F)F. The van der Waals surface area contributed by atoms with Gasteiger partial charge in [-0.05, 0) is 97.1 Å². The maximum Gasteiger partial charge on any atom is 0.421 e. The normalized spacial score (nSPS) is 19.8. The number of nitrogens with zero attached hydrogens (tertiary/aromatic N) is 5. The molecule has 10 nitrogen and oxygen atoms in total. The highest BCUT2D eigenvalue weighted by Crippen LogP contribution is 2.36. The summed E-state index contributed by atoms with van der Waals surface area (Å²) in [6.45, 7) is 3.23. The first-order valence-electron chi connectivity index (χ1n) is 14.9. The van der Waals surface area contributed by atoms with Crippen molar-refractivity contribution in [2.75, 3.05) is 65.0 Å². The molecule has 1 aliphatic heterocycles. The summed E-state index contributed by atoms with van der Waals surface area (Å²) in [4.78, 5) is 40.0. The number of halogens is 3. The molecule has 2 amide bonds. The average Bonchev–Trinajstić information content (AvgIpc) is 3.43. The molecule has 236 valence electrons. The molecular weight excluding hydrogens is 561 g/mol. The third kappa shape index (κ3) is 8.79. The van der Waals surface area contributed by atoms with E-state index in [1.807, 2.05) is 26.0 Å². The number of hydrogen-bond acceptors (Lipinski definition) is 8. The number of amides is 2. The van der Waals surface area contributed by atoms with Gasteiger partial charge in [-0.1, -0.05) is 6.42 Å². The summed E-state index contributed by atoms with van der Waals surface area (Å²) >= 11 is 0. The molecule has 2 aromatic rings. The Balaban J connectivity index is 1.43. The van der Waals surface area contributed by atoms with Crippen LogP contribution in [0, 0.1) is 5.92 Å². The predicted octanol–water partition coefficient (Wildman–Crippen LogP) is 4.05. The van der Waals surface area contributed by atoms with Gasteiger partial charge >= 0.3 is 6.18 Å². The molecule has 1 aromatic carbocycles. The second kappa shape index (κ2) is 14.3. The number of alkyl halides is 3. The Hall–Kier alpha value is -3.45. The van der Waals surface area contributed by atoms with Gasteiger partial charge in [-0.2, -0.15) is 18.2 Å². The maximum absolute atomic E-state index is 13.9. The second-order valence-corrected chi connectivity index (χ2v) is 11.8. The number of carbonyl (C=O) groups excluding carboxylic acids is 2. The number of likely N-dealkylation sites (tertiary alicyclic amines) is 1. The van der Waals surface area contributed by atoms with Crippen molar-refractivity contribution in [3.8, 4) is 0 Å². The minimum atomic E-state index is -4.68. The molecule has 13 heteroatoms. The summed E-state index contributed by atoms with van der Waals surface area (Å²) in [5, 5.41) is 8.79. The van der Waals surface area contributed by atoms with Crippen molar-refractivity contribution in [1.29, 1.82) is 0 Å². The van der Waals surface area contributed by atoms with Crippen molar-refractivity contribution in [3.05, 3.63) is 41.6 Å². The fourth-order valence-electron chi connectivity index (χ4n) is 5.70. The van der Waals surface area contributed by atoms with Gasteiger partial charge < -0.3 is 30.7 Å². The number of aromatic nitrogens is 2. The van der Waals surface area contributed by atoms with Crippen LogP contribution in [0.5, 0.6) is 0 Å². The molecule has 2 fully saturated rings. The minimum Gasteiger partial charge on any atom is -0.366 e. The molecule has 0 spiro atoms. The van der Waals surface area contributed by atoms with E-state index < -0.39 is 23.7 Å². The van der Waals surface area contributed by atoms with Crippen molar-refractivity contribution in [1.82, 2.24) is 30.0 Å². The van der Waals surface area contributed by atoms with Gasteiger partial charge in [-0.15, -0.1) is 0 Å². The van der Waals surface area contributed by atoms with Gasteiger partial charge in [0.05, 0.1) is 5.92 Å². The molecule has 2 aliphatic rings. The Kier molecular flexibility index (Phi) is 10.8. The lowest BCUT2D eigenvalue weighted by Crippen LogP contribution is -2.44. The second-order valence-electron chi connectivity index (χ2n) is 11.8. The highest BCUT2D eigenvalue weighted by Gasteiger charge is 2.39. The fraction of sp³-hybridized carbons (Fsp3) is 0.600. The first-order valence-corrected chi connectivity index (χ1v) is 14.9. The molecule has 3 N–H and O–H groups in total. The van der Waals surface area contributed by atoms with Crippen LogP contribution in [0.3, 0.4) is 0 Å². The lowest BCUT2D eigenvalue weighted by molar-refractivity contribution is -0.137. The molecule has 0 bridgehead atoms. The summed E-state index contributed by atoms with van der Waals surface area (Å²) in [5.41, 5.74) is 0.0583. The van der Waals surface area contributed by atoms with Crippen LogP contribution in [0.15, 0.2) is 30.5 Å². The number of hydrogen-bond donors (Lipinski definition) is 3. The fourth-order valence-corrected chi connectivity index (χ4v) is 5.70. The highest BCUT2D eigenvalue weighted by atomic mass is 19.4. The lowest BCUT2D eigenvalue weighted by atomic mass is 10.0. The number of rotatable bonds is 11. The van der Waals surface area contributed by atoms with Gasteiger partial charge in [-0.25, -0.2) is 4.98 Å². The Bertz CT molecular complexity index is 1230. The number of piperidine rings is 1. The molecule has 2 heterocycles. The van der Waals surface area contributed by atoms with Gasteiger partial charge in [0.25, 0.3) is 5.91 Å². The average molecular weight is 605 g/mol. The van der Waals surface area contributed by atoms with E-state index in [0.717, 1.165) is 51.5 Å². The molecule has 2 atom stereocenters. The van der Waals surface area contributed by atoms with E-state index in [2.05, 4.69) is 37.9 Å². The van der Waals surface area contributed by atoms with Crippen LogP contribution in [0.4, 0.5) is 30.6 Å². The van der Waals surface area contributed by atoms with Crippen LogP contribution in [-0.2, 0) is 11.0 Å². The monoisotopic (exact) mass is 604 g/mol. The van der Waals surface area contributed by atoms with E-state index in [4.69, 9.17) is 0 Å². The quantitative estimate of drug-likeness (QED) is 0.330. The molecule has 0 radical (unpaired) electrons. The van der Waals surface area contributed by atoms with Crippen molar-refractivity contribution >= 4 is 29.3 Å². The van der Waals surface area contributed by atoms with Crippen molar-refractivity contribution < 1.29 is 22.8 Å². The first-order chi connectivity index (χ1) is 20.4. The Morgan fingerprint density at radius 1 is 1.05 bits per heavy atom. The van der Waals surface area contributed by atoms with Crippen molar-refractivity contribution in [3.63, 3.8) is 0 Å². The molecule has 43 heavy (non-hydrogen) atoms. The standard InChI is InChI=1S/C30H43F3N8O2/c1-39(2)16-6-15-34-27(42)23-7-5-8-25(23)37-26-24(30(31,32)33)19-35-29(38-26)36-21-11-9-20(10-12-21)28(43)41(4)22-13-17-40(3)18-14-22/h9-12,19,22-23,25H,5-8,13-18H2,1-4H3,(H,34,42)(H2,35,36,37,38)/t23-,25+/m0/s1. The van der Waals surface area contributed by atoms with E-state index in [1.165, 1.54) is 0 Å². The largest absolute Gasteiger partial charge is 0.421 e. The molecular formula is C30H43F3N8O2. The van der Waals surface area contributed by atoms with Crippen LogP contribution in [0.2, 0.25) is 0 Å². The van der Waals surface area contributed by atoms with Crippen LogP contribution >= 0.6 is 0 Å². The summed E-state index contributed by atoms with van der Waals surface area (Å²) in [6.07, 6.45) is 0.568. The molecule has 1 saturated heterocycles. The minimum absolute atomic E-state index is 0.0271. The van der Waals surface area contributed by atoms with E-state index in [9.17, 15) is 22.8 Å². The summed E-state index contributed by atoms with van der Waals surface area (Å²) in [7, 11) is 7.80. The molecule has 4 rings (SSSR count). The van der Waals surface area contributed by atoms with Gasteiger partial charge in [0.15, 0.2) is 0 Å². The molecule has 1 saturated carbocycles. The summed E-state index contributed by atoms with van der Waals surface area (Å²) in [6, 6.07) is 6.42. The van der Waals surface area contributed by atoms with Gasteiger partial charge in [0.2, 0.25) is 11.9 Å². The summed E-state index contributed by atoms with van der Waals surface area (Å²) < 4.78 is 41.7. The number of anilines is 3. The van der Waals surface area contributed by atoms with E-state index in [1.54, 1.807) is 29.2 Å². The van der Waals surface area contributed by atoms with Gasteiger partial charge in [0.1, 0.15) is 11.4 Å². The zero-order valence-corrected chi connectivity index (χ0v) is 25.4. The summed E-state index contributed by atoms with van der Waals surface area (Å²) in [5.74, 6) is -1.09. The Morgan fingerprint density at radius 3 is 2.40 bits per heavy atom. The zero-order chi connectivity index (χ0) is 31.1.